The van der Waals surface area contributed by atoms with Gasteiger partial charge < -0.3 is 10.6 Å². The quantitative estimate of drug-likeness (QED) is 0.622. The van der Waals surface area contributed by atoms with Crippen LogP contribution in [0.2, 0.25) is 0 Å². The number of piperidine rings is 1. The molecule has 2 N–H and O–H groups in total. The lowest BCUT2D eigenvalue weighted by Crippen LogP contribution is -2.46. The number of benzene rings is 1. The second-order valence-electron chi connectivity index (χ2n) is 4.69. The Bertz CT molecular complexity index is 438. The van der Waals surface area contributed by atoms with Gasteiger partial charge in [0.05, 0.1) is 0 Å². The molecule has 2 unspecified atom stereocenters. The third-order valence-corrected chi connectivity index (χ3v) is 3.38. The first-order chi connectivity index (χ1) is 8.41. The van der Waals surface area contributed by atoms with Gasteiger partial charge >= 0.3 is 0 Å². The third-order valence-electron chi connectivity index (χ3n) is 3.38. The molecule has 1 aromatic rings. The van der Waals surface area contributed by atoms with E-state index in [4.69, 9.17) is 5.73 Å². The van der Waals surface area contributed by atoms with Gasteiger partial charge in [-0.25, -0.2) is 17.6 Å². The molecule has 0 aromatic heterocycles. The Hall–Kier alpha value is -1.30. The number of anilines is 1. The normalized spacial score (nSPS) is 24.4. The van der Waals surface area contributed by atoms with Crippen molar-refractivity contribution in [3.63, 3.8) is 0 Å². The molecular weight excluding hydrogens is 248 g/mol. The van der Waals surface area contributed by atoms with Gasteiger partial charge in [-0.1, -0.05) is 6.92 Å². The van der Waals surface area contributed by atoms with Crippen molar-refractivity contribution in [3.8, 4) is 0 Å². The van der Waals surface area contributed by atoms with Crippen LogP contribution in [0.3, 0.4) is 0 Å². The zero-order chi connectivity index (χ0) is 13.4. The second kappa shape index (κ2) is 4.76. The Balaban J connectivity index is 2.39. The summed E-state index contributed by atoms with van der Waals surface area (Å²) >= 11 is 0. The molecule has 0 saturated carbocycles. The largest absolute Gasteiger partial charge is 0.366 e. The first-order valence-electron chi connectivity index (χ1n) is 5.75. The molecule has 0 amide bonds. The summed E-state index contributed by atoms with van der Waals surface area (Å²) in [7, 11) is 0. The molecule has 1 fully saturated rings. The van der Waals surface area contributed by atoms with Crippen LogP contribution in [0.15, 0.2) is 6.07 Å². The summed E-state index contributed by atoms with van der Waals surface area (Å²) in [6.45, 7) is 2.39. The maximum absolute atomic E-state index is 13.6. The Morgan fingerprint density at radius 1 is 1.17 bits per heavy atom. The molecule has 0 spiro atoms. The summed E-state index contributed by atoms with van der Waals surface area (Å²) in [5.74, 6) is -5.46. The van der Waals surface area contributed by atoms with Gasteiger partial charge in [-0.15, -0.1) is 0 Å². The minimum atomic E-state index is -1.38. The first-order valence-corrected chi connectivity index (χ1v) is 5.75. The van der Waals surface area contributed by atoms with Gasteiger partial charge in [-0.2, -0.15) is 0 Å². The third kappa shape index (κ3) is 2.16. The van der Waals surface area contributed by atoms with Crippen LogP contribution in [-0.2, 0) is 0 Å². The highest BCUT2D eigenvalue weighted by molar-refractivity contribution is 5.50. The van der Waals surface area contributed by atoms with E-state index in [1.54, 1.807) is 0 Å². The molecule has 6 heteroatoms. The van der Waals surface area contributed by atoms with Crippen molar-refractivity contribution in [1.82, 2.24) is 0 Å². The molecule has 0 radical (unpaired) electrons. The van der Waals surface area contributed by atoms with E-state index in [1.165, 1.54) is 4.90 Å². The van der Waals surface area contributed by atoms with Crippen LogP contribution < -0.4 is 10.6 Å². The Morgan fingerprint density at radius 3 is 2.22 bits per heavy atom. The molecule has 0 bridgehead atoms. The van der Waals surface area contributed by atoms with Crippen LogP contribution >= 0.6 is 0 Å². The lowest BCUT2D eigenvalue weighted by Gasteiger charge is -2.36. The lowest BCUT2D eigenvalue weighted by molar-refractivity contribution is 0.371. The van der Waals surface area contributed by atoms with E-state index in [2.05, 4.69) is 0 Å². The maximum atomic E-state index is 13.6. The fourth-order valence-corrected chi connectivity index (χ4v) is 2.21. The van der Waals surface area contributed by atoms with Crippen molar-refractivity contribution in [1.29, 1.82) is 0 Å². The zero-order valence-electron chi connectivity index (χ0n) is 9.89. The van der Waals surface area contributed by atoms with Crippen LogP contribution in [0.4, 0.5) is 23.2 Å². The molecule has 1 saturated heterocycles. The molecular formula is C12H14F4N2. The van der Waals surface area contributed by atoms with Gasteiger partial charge in [-0.3, -0.25) is 0 Å². The van der Waals surface area contributed by atoms with E-state index in [0.29, 0.717) is 6.42 Å². The fraction of sp³-hybridized carbons (Fsp3) is 0.500. The minimum absolute atomic E-state index is 0.00359. The minimum Gasteiger partial charge on any atom is -0.366 e. The number of nitrogens with zero attached hydrogens (tertiary/aromatic N) is 1. The molecule has 1 aliphatic rings. The predicted octanol–water partition coefficient (Wildman–Crippen LogP) is 2.42. The van der Waals surface area contributed by atoms with Crippen molar-refractivity contribution in [3.05, 3.63) is 29.3 Å². The number of nitrogens with two attached hydrogens (primary N) is 1. The molecule has 100 valence electrons. The number of rotatable bonds is 1. The number of hydrogen-bond acceptors (Lipinski definition) is 2. The molecule has 1 aliphatic heterocycles. The smallest absolute Gasteiger partial charge is 0.185 e. The van der Waals surface area contributed by atoms with Gasteiger partial charge in [0.2, 0.25) is 0 Å². The van der Waals surface area contributed by atoms with Crippen LogP contribution in [-0.4, -0.2) is 19.1 Å². The average Bonchev–Trinajstić information content (AvgIpc) is 2.31. The average molecular weight is 262 g/mol. The molecule has 2 rings (SSSR count). The highest BCUT2D eigenvalue weighted by Gasteiger charge is 2.29. The summed E-state index contributed by atoms with van der Waals surface area (Å²) in [5, 5.41) is 0. The maximum Gasteiger partial charge on any atom is 0.185 e. The molecule has 0 aliphatic carbocycles. The second-order valence-corrected chi connectivity index (χ2v) is 4.69. The Kier molecular flexibility index (Phi) is 3.47. The Labute approximate surface area is 102 Å². The molecule has 1 heterocycles. The van der Waals surface area contributed by atoms with Crippen molar-refractivity contribution in [2.45, 2.75) is 19.4 Å². The van der Waals surface area contributed by atoms with Crippen LogP contribution in [0.25, 0.3) is 0 Å². The van der Waals surface area contributed by atoms with Gasteiger partial charge in [0, 0.05) is 25.2 Å². The van der Waals surface area contributed by atoms with Crippen molar-refractivity contribution in [2.24, 2.45) is 11.7 Å². The van der Waals surface area contributed by atoms with Crippen LogP contribution in [0.1, 0.15) is 13.3 Å². The summed E-state index contributed by atoms with van der Waals surface area (Å²) in [4.78, 5) is 1.31. The van der Waals surface area contributed by atoms with Crippen molar-refractivity contribution < 1.29 is 17.6 Å². The molecule has 18 heavy (non-hydrogen) atoms. The van der Waals surface area contributed by atoms with Gasteiger partial charge in [0.15, 0.2) is 23.3 Å². The number of halogens is 4. The molecule has 1 aromatic carbocycles. The topological polar surface area (TPSA) is 29.3 Å². The monoisotopic (exact) mass is 262 g/mol. The first kappa shape index (κ1) is 13.1. The van der Waals surface area contributed by atoms with E-state index >= 15 is 0 Å². The molecule has 2 nitrogen and oxygen atoms in total. The van der Waals surface area contributed by atoms with Crippen molar-refractivity contribution >= 4 is 5.69 Å². The SMILES string of the molecule is CC1CN(c2c(F)c(F)cc(F)c2F)CCC1N. The lowest BCUT2D eigenvalue weighted by atomic mass is 9.94. The van der Waals surface area contributed by atoms with E-state index < -0.39 is 29.0 Å². The van der Waals surface area contributed by atoms with Crippen LogP contribution in [0, 0.1) is 29.2 Å². The standard InChI is InChI=1S/C12H14F4N2/c1-6-5-18(3-2-9(6)17)12-10(15)7(13)4-8(14)11(12)16/h4,6,9H,2-3,5,17H2,1H3. The van der Waals surface area contributed by atoms with Crippen LogP contribution in [0.5, 0.6) is 0 Å². The summed E-state index contributed by atoms with van der Waals surface area (Å²) in [5.41, 5.74) is 5.16. The zero-order valence-corrected chi connectivity index (χ0v) is 9.89. The fourth-order valence-electron chi connectivity index (χ4n) is 2.21. The summed E-state index contributed by atoms with van der Waals surface area (Å²) in [6.07, 6.45) is 0.526. The van der Waals surface area contributed by atoms with E-state index in [1.807, 2.05) is 6.92 Å². The number of hydrogen-bond donors (Lipinski definition) is 1. The van der Waals surface area contributed by atoms with E-state index in [9.17, 15) is 17.6 Å². The van der Waals surface area contributed by atoms with E-state index in [0.717, 1.165) is 0 Å². The van der Waals surface area contributed by atoms with E-state index in [-0.39, 0.29) is 31.1 Å². The van der Waals surface area contributed by atoms with Gasteiger partial charge in [0.1, 0.15) is 5.69 Å². The summed E-state index contributed by atoms with van der Waals surface area (Å²) in [6, 6.07) is 0.151. The van der Waals surface area contributed by atoms with Gasteiger partial charge in [0.25, 0.3) is 0 Å². The predicted molar refractivity (Wildman–Crippen MR) is 60.2 cm³/mol. The highest BCUT2D eigenvalue weighted by Crippen LogP contribution is 2.30. The Morgan fingerprint density at radius 2 is 1.72 bits per heavy atom. The van der Waals surface area contributed by atoms with Crippen molar-refractivity contribution in [2.75, 3.05) is 18.0 Å². The van der Waals surface area contributed by atoms with Gasteiger partial charge in [-0.05, 0) is 12.3 Å². The highest BCUT2D eigenvalue weighted by atomic mass is 19.2. The molecule has 2 atom stereocenters. The summed E-state index contributed by atoms with van der Waals surface area (Å²) < 4.78 is 53.4.